The Hall–Kier alpha value is -2.71. The maximum Gasteiger partial charge on any atom is 0.228 e. The Morgan fingerprint density at radius 2 is 2.11 bits per heavy atom. The molecule has 0 radical (unpaired) electrons. The number of nitrogens with one attached hydrogen (secondary N) is 2. The molecule has 4 atom stereocenters. The second-order valence-corrected chi connectivity index (χ2v) is 11.2. The Morgan fingerprint density at radius 1 is 1.31 bits per heavy atom. The molecule has 2 saturated carbocycles. The number of carbonyl (C=O) groups is 1. The summed E-state index contributed by atoms with van der Waals surface area (Å²) in [7, 11) is 1.52. The molecule has 5 rings (SSSR count). The third kappa shape index (κ3) is 4.38. The number of imidazole rings is 1. The van der Waals surface area contributed by atoms with Crippen molar-refractivity contribution in [2.75, 3.05) is 18.9 Å². The SMILES string of the molecule is CNC(=O)C1(C)C[C@@H](n2cnc3c(NCC4CCC4)nc(C#Cc4ccc(Cl)s4)nc32)[C@H](O)[C@@H]1O. The van der Waals surface area contributed by atoms with E-state index in [1.54, 1.807) is 23.9 Å². The van der Waals surface area contributed by atoms with Crippen LogP contribution in [0.2, 0.25) is 4.34 Å². The van der Waals surface area contributed by atoms with Crippen LogP contribution in [-0.4, -0.2) is 61.4 Å². The van der Waals surface area contributed by atoms with Crippen molar-refractivity contribution in [1.29, 1.82) is 0 Å². The average Bonchev–Trinajstić information content (AvgIpc) is 3.49. The predicted octanol–water partition coefficient (Wildman–Crippen LogP) is 2.57. The number of hydrogen-bond acceptors (Lipinski definition) is 8. The van der Waals surface area contributed by atoms with Crippen LogP contribution >= 0.6 is 22.9 Å². The molecule has 3 aromatic heterocycles. The molecule has 1 amide bonds. The highest BCUT2D eigenvalue weighted by Gasteiger charge is 2.54. The van der Waals surface area contributed by atoms with Gasteiger partial charge in [0, 0.05) is 13.6 Å². The molecule has 9 nitrogen and oxygen atoms in total. The summed E-state index contributed by atoms with van der Waals surface area (Å²) in [4.78, 5) is 27.1. The fourth-order valence-electron chi connectivity index (χ4n) is 4.81. The van der Waals surface area contributed by atoms with Gasteiger partial charge in [-0.05, 0) is 56.1 Å². The highest BCUT2D eigenvalue weighted by atomic mass is 35.5. The molecule has 2 aliphatic carbocycles. The predicted molar refractivity (Wildman–Crippen MR) is 134 cm³/mol. The number of hydrogen-bond donors (Lipinski definition) is 4. The molecule has 0 aliphatic heterocycles. The zero-order chi connectivity index (χ0) is 24.7. The number of aromatic nitrogens is 4. The monoisotopic (exact) mass is 514 g/mol. The largest absolute Gasteiger partial charge is 0.389 e. The standard InChI is InChI=1S/C24H27ClN6O3S/c1-24(23(34)26-2)10-15(19(32)20(24)33)31-12-28-18-21(27-11-13-4-3-5-13)29-17(30-22(18)31)9-7-14-6-8-16(25)35-14/h6,8,12-13,15,19-20,32-33H,3-5,10-11H2,1-2H3,(H,26,34)(H,27,29,30)/t15-,19+,20+,24?/m1/s1. The summed E-state index contributed by atoms with van der Waals surface area (Å²) in [5.41, 5.74) is -0.0965. The van der Waals surface area contributed by atoms with Crippen molar-refractivity contribution in [2.45, 2.75) is 50.9 Å². The smallest absolute Gasteiger partial charge is 0.228 e. The molecule has 1 unspecified atom stereocenters. The van der Waals surface area contributed by atoms with Crippen molar-refractivity contribution in [3.8, 4) is 11.8 Å². The van der Waals surface area contributed by atoms with Gasteiger partial charge in [0.2, 0.25) is 11.7 Å². The number of anilines is 1. The fraction of sp³-hybridized carbons (Fsp3) is 0.500. The molecule has 3 heterocycles. The van der Waals surface area contributed by atoms with Gasteiger partial charge in [-0.15, -0.1) is 11.3 Å². The van der Waals surface area contributed by atoms with E-state index in [1.807, 2.05) is 6.07 Å². The van der Waals surface area contributed by atoms with Crippen LogP contribution in [0.15, 0.2) is 18.5 Å². The number of fused-ring (bicyclic) bond motifs is 1. The number of nitrogens with zero attached hydrogens (tertiary/aromatic N) is 4. The molecule has 0 spiro atoms. The minimum atomic E-state index is -1.23. The van der Waals surface area contributed by atoms with E-state index in [0.29, 0.717) is 33.1 Å². The molecule has 184 valence electrons. The summed E-state index contributed by atoms with van der Waals surface area (Å²) in [6.45, 7) is 2.44. The summed E-state index contributed by atoms with van der Waals surface area (Å²) >= 11 is 7.40. The summed E-state index contributed by atoms with van der Waals surface area (Å²) < 4.78 is 2.38. The maximum atomic E-state index is 12.5. The number of carbonyl (C=O) groups excluding carboxylic acids is 1. The van der Waals surface area contributed by atoms with Gasteiger partial charge in [-0.3, -0.25) is 4.79 Å². The number of aliphatic hydroxyl groups excluding tert-OH is 2. The van der Waals surface area contributed by atoms with Crippen LogP contribution in [0.1, 0.15) is 49.4 Å². The quantitative estimate of drug-likeness (QED) is 0.385. The first-order valence-electron chi connectivity index (χ1n) is 11.6. The zero-order valence-corrected chi connectivity index (χ0v) is 21.0. The molecule has 4 N–H and O–H groups in total. The van der Waals surface area contributed by atoms with Crippen LogP contribution in [0.3, 0.4) is 0 Å². The molecular formula is C24H27ClN6O3S. The van der Waals surface area contributed by atoms with Crippen molar-refractivity contribution in [3.05, 3.63) is 33.5 Å². The lowest BCUT2D eigenvalue weighted by atomic mass is 9.85. The van der Waals surface area contributed by atoms with Gasteiger partial charge in [-0.1, -0.05) is 18.0 Å². The Bertz CT molecular complexity index is 1330. The first-order valence-corrected chi connectivity index (χ1v) is 12.8. The Labute approximate surface area is 212 Å². The van der Waals surface area contributed by atoms with Crippen LogP contribution in [0.5, 0.6) is 0 Å². The van der Waals surface area contributed by atoms with Crippen molar-refractivity contribution >= 4 is 45.8 Å². The van der Waals surface area contributed by atoms with Crippen molar-refractivity contribution in [3.63, 3.8) is 0 Å². The van der Waals surface area contributed by atoms with Crippen molar-refractivity contribution in [1.82, 2.24) is 24.8 Å². The zero-order valence-electron chi connectivity index (χ0n) is 19.5. The second-order valence-electron chi connectivity index (χ2n) is 9.45. The lowest BCUT2D eigenvalue weighted by molar-refractivity contribution is -0.136. The molecular weight excluding hydrogens is 488 g/mol. The van der Waals surface area contributed by atoms with E-state index in [-0.39, 0.29) is 12.3 Å². The first kappa shape index (κ1) is 24.0. The number of thiophene rings is 1. The minimum Gasteiger partial charge on any atom is -0.389 e. The van der Waals surface area contributed by atoms with Crippen LogP contribution in [0.4, 0.5) is 5.82 Å². The lowest BCUT2D eigenvalue weighted by Crippen LogP contribution is -2.45. The van der Waals surface area contributed by atoms with E-state index >= 15 is 0 Å². The molecule has 2 aliphatic rings. The van der Waals surface area contributed by atoms with Gasteiger partial charge in [0.15, 0.2) is 17.0 Å². The Morgan fingerprint density at radius 3 is 2.77 bits per heavy atom. The van der Waals surface area contributed by atoms with Gasteiger partial charge in [-0.25, -0.2) is 15.0 Å². The molecule has 0 saturated heterocycles. The van der Waals surface area contributed by atoms with Gasteiger partial charge in [0.1, 0.15) is 6.10 Å². The molecule has 3 aromatic rings. The van der Waals surface area contributed by atoms with Crippen LogP contribution in [-0.2, 0) is 4.79 Å². The van der Waals surface area contributed by atoms with E-state index in [4.69, 9.17) is 11.6 Å². The molecule has 35 heavy (non-hydrogen) atoms. The van der Waals surface area contributed by atoms with E-state index in [0.717, 1.165) is 11.4 Å². The highest BCUT2D eigenvalue weighted by molar-refractivity contribution is 7.16. The second kappa shape index (κ2) is 9.39. The minimum absolute atomic E-state index is 0.226. The number of aliphatic hydroxyl groups is 2. The summed E-state index contributed by atoms with van der Waals surface area (Å²) in [5, 5.41) is 27.6. The Kier molecular flexibility index (Phi) is 6.44. The van der Waals surface area contributed by atoms with E-state index in [2.05, 4.69) is 37.4 Å². The highest BCUT2D eigenvalue weighted by Crippen LogP contribution is 2.45. The Balaban J connectivity index is 1.55. The summed E-state index contributed by atoms with van der Waals surface area (Å²) in [6, 6.07) is 3.04. The van der Waals surface area contributed by atoms with Gasteiger partial charge in [0.25, 0.3) is 0 Å². The van der Waals surface area contributed by atoms with Gasteiger partial charge in [0.05, 0.1) is 33.1 Å². The first-order chi connectivity index (χ1) is 16.8. The van der Waals surface area contributed by atoms with Crippen molar-refractivity contribution in [2.24, 2.45) is 11.3 Å². The van der Waals surface area contributed by atoms with Crippen LogP contribution in [0.25, 0.3) is 11.2 Å². The van der Waals surface area contributed by atoms with Crippen LogP contribution < -0.4 is 10.6 Å². The van der Waals surface area contributed by atoms with Gasteiger partial charge in [-0.2, -0.15) is 0 Å². The average molecular weight is 515 g/mol. The summed E-state index contributed by atoms with van der Waals surface area (Å²) in [6.07, 6.45) is 3.03. The molecule has 2 fully saturated rings. The molecule has 11 heteroatoms. The molecule has 0 bridgehead atoms. The molecule has 0 aromatic carbocycles. The number of amides is 1. The van der Waals surface area contributed by atoms with E-state index < -0.39 is 23.7 Å². The van der Waals surface area contributed by atoms with Gasteiger partial charge < -0.3 is 25.4 Å². The third-order valence-electron chi connectivity index (χ3n) is 7.18. The fourth-order valence-corrected chi connectivity index (χ4v) is 5.71. The number of halogens is 1. The third-order valence-corrected chi connectivity index (χ3v) is 8.33. The maximum absolute atomic E-state index is 12.5. The normalized spacial score (nSPS) is 26.3. The van der Waals surface area contributed by atoms with Crippen molar-refractivity contribution < 1.29 is 15.0 Å². The van der Waals surface area contributed by atoms with E-state index in [9.17, 15) is 15.0 Å². The number of rotatable bonds is 5. The topological polar surface area (TPSA) is 125 Å². The lowest BCUT2D eigenvalue weighted by Gasteiger charge is -2.26. The van der Waals surface area contributed by atoms with Crippen LogP contribution in [0, 0.1) is 23.2 Å². The summed E-state index contributed by atoms with van der Waals surface area (Å²) in [5.74, 6) is 7.23. The van der Waals surface area contributed by atoms with Gasteiger partial charge >= 0.3 is 0 Å². The van der Waals surface area contributed by atoms with E-state index in [1.165, 1.54) is 37.6 Å².